The summed E-state index contributed by atoms with van der Waals surface area (Å²) in [6.07, 6.45) is 0.812. The van der Waals surface area contributed by atoms with Crippen LogP contribution >= 0.6 is 0 Å². The molecular formula is C19H24N4O5S. The summed E-state index contributed by atoms with van der Waals surface area (Å²) in [6, 6.07) is 12.3. The van der Waals surface area contributed by atoms with Crippen molar-refractivity contribution in [2.24, 2.45) is 0 Å². The van der Waals surface area contributed by atoms with Crippen molar-refractivity contribution in [3.05, 3.63) is 58.6 Å². The van der Waals surface area contributed by atoms with Crippen LogP contribution in [-0.2, 0) is 14.8 Å². The Hall–Kier alpha value is -2.69. The highest BCUT2D eigenvalue weighted by Crippen LogP contribution is 2.28. The van der Waals surface area contributed by atoms with E-state index in [-0.39, 0.29) is 10.6 Å². The fourth-order valence-corrected chi connectivity index (χ4v) is 4.13. The van der Waals surface area contributed by atoms with Crippen molar-refractivity contribution < 1.29 is 18.1 Å². The molecule has 0 saturated carbocycles. The number of para-hydroxylation sites is 1. The van der Waals surface area contributed by atoms with E-state index >= 15 is 0 Å². The Bertz CT molecular complexity index is 931. The molecule has 0 bridgehead atoms. The van der Waals surface area contributed by atoms with Gasteiger partial charge in [-0.2, -0.15) is 0 Å². The highest BCUT2D eigenvalue weighted by Gasteiger charge is 2.21. The van der Waals surface area contributed by atoms with E-state index in [1.165, 1.54) is 12.1 Å². The highest BCUT2D eigenvalue weighted by molar-refractivity contribution is 7.92. The third kappa shape index (κ3) is 5.89. The lowest BCUT2D eigenvalue weighted by Crippen LogP contribution is -2.37. The van der Waals surface area contributed by atoms with Crippen molar-refractivity contribution >= 4 is 27.1 Å². The number of nitrogens with zero attached hydrogens (tertiary/aromatic N) is 2. The van der Waals surface area contributed by atoms with Gasteiger partial charge in [0.25, 0.3) is 15.7 Å². The van der Waals surface area contributed by atoms with Gasteiger partial charge in [0.05, 0.1) is 23.0 Å². The second-order valence-corrected chi connectivity index (χ2v) is 8.32. The summed E-state index contributed by atoms with van der Waals surface area (Å²) in [4.78, 5) is 13.0. The SMILES string of the molecule is O=[N+]([O-])c1cc(S(=O)(=O)Nc2ccccc2)ccc1NCCCN1CCOCC1. The van der Waals surface area contributed by atoms with Gasteiger partial charge in [-0.25, -0.2) is 8.42 Å². The lowest BCUT2D eigenvalue weighted by Gasteiger charge is -2.26. The van der Waals surface area contributed by atoms with Crippen molar-refractivity contribution in [1.82, 2.24) is 4.90 Å². The molecule has 0 atom stereocenters. The van der Waals surface area contributed by atoms with Gasteiger partial charge < -0.3 is 10.1 Å². The fourth-order valence-electron chi connectivity index (χ4n) is 3.05. The molecule has 29 heavy (non-hydrogen) atoms. The van der Waals surface area contributed by atoms with Gasteiger partial charge in [-0.05, 0) is 37.2 Å². The molecule has 1 saturated heterocycles. The van der Waals surface area contributed by atoms with Gasteiger partial charge in [-0.1, -0.05) is 18.2 Å². The van der Waals surface area contributed by atoms with Crippen LogP contribution in [0.4, 0.5) is 17.1 Å². The number of ether oxygens (including phenoxy) is 1. The molecular weight excluding hydrogens is 396 g/mol. The normalized spacial score (nSPS) is 15.0. The molecule has 156 valence electrons. The summed E-state index contributed by atoms with van der Waals surface area (Å²) < 4.78 is 32.8. The van der Waals surface area contributed by atoms with E-state index in [0.29, 0.717) is 17.9 Å². The summed E-state index contributed by atoms with van der Waals surface area (Å²) in [5.74, 6) is 0. The Morgan fingerprint density at radius 1 is 1.10 bits per heavy atom. The van der Waals surface area contributed by atoms with E-state index in [2.05, 4.69) is 14.9 Å². The first-order valence-electron chi connectivity index (χ1n) is 9.36. The molecule has 0 unspecified atom stereocenters. The summed E-state index contributed by atoms with van der Waals surface area (Å²) in [5.41, 5.74) is 0.420. The Labute approximate surface area is 169 Å². The standard InChI is InChI=1S/C19H24N4O5S/c24-23(25)19-15-17(29(26,27)21-16-5-2-1-3-6-16)7-8-18(19)20-9-4-10-22-11-13-28-14-12-22/h1-3,5-8,15,20-21H,4,9-14H2. The topological polar surface area (TPSA) is 114 Å². The summed E-state index contributed by atoms with van der Waals surface area (Å²) in [7, 11) is -3.93. The molecule has 2 aromatic carbocycles. The highest BCUT2D eigenvalue weighted by atomic mass is 32.2. The number of morpholine rings is 1. The number of nitro benzene ring substituents is 1. The monoisotopic (exact) mass is 420 g/mol. The number of nitro groups is 1. The average molecular weight is 420 g/mol. The van der Waals surface area contributed by atoms with Crippen LogP contribution in [0.15, 0.2) is 53.4 Å². The molecule has 0 spiro atoms. The maximum atomic E-state index is 12.6. The number of nitrogens with one attached hydrogen (secondary N) is 2. The molecule has 0 aliphatic carbocycles. The molecule has 2 N–H and O–H groups in total. The molecule has 0 radical (unpaired) electrons. The summed E-state index contributed by atoms with van der Waals surface area (Å²) in [6.45, 7) is 4.66. The Balaban J connectivity index is 1.65. The van der Waals surface area contributed by atoms with Crippen molar-refractivity contribution in [2.45, 2.75) is 11.3 Å². The molecule has 3 rings (SSSR count). The zero-order chi connectivity index (χ0) is 20.7. The fraction of sp³-hybridized carbons (Fsp3) is 0.368. The molecule has 10 heteroatoms. The number of hydrogen-bond acceptors (Lipinski definition) is 7. The number of benzene rings is 2. The van der Waals surface area contributed by atoms with Crippen LogP contribution in [0.5, 0.6) is 0 Å². The number of hydrogen-bond donors (Lipinski definition) is 2. The van der Waals surface area contributed by atoms with E-state index in [4.69, 9.17) is 4.74 Å². The van der Waals surface area contributed by atoms with Gasteiger partial charge in [-0.3, -0.25) is 19.7 Å². The van der Waals surface area contributed by atoms with E-state index < -0.39 is 14.9 Å². The number of anilines is 2. The van der Waals surface area contributed by atoms with E-state index in [9.17, 15) is 18.5 Å². The largest absolute Gasteiger partial charge is 0.379 e. The second-order valence-electron chi connectivity index (χ2n) is 6.64. The zero-order valence-corrected chi connectivity index (χ0v) is 16.7. The first-order chi connectivity index (χ1) is 14.0. The van der Waals surface area contributed by atoms with E-state index in [1.54, 1.807) is 30.3 Å². The minimum Gasteiger partial charge on any atom is -0.379 e. The molecule has 1 fully saturated rings. The van der Waals surface area contributed by atoms with Crippen LogP contribution in [0.3, 0.4) is 0 Å². The van der Waals surface area contributed by atoms with Gasteiger partial charge in [0.15, 0.2) is 0 Å². The molecule has 2 aromatic rings. The maximum absolute atomic E-state index is 12.6. The van der Waals surface area contributed by atoms with Crippen molar-refractivity contribution in [2.75, 3.05) is 49.4 Å². The van der Waals surface area contributed by atoms with Crippen LogP contribution in [0.2, 0.25) is 0 Å². The van der Waals surface area contributed by atoms with Crippen LogP contribution in [0, 0.1) is 10.1 Å². The third-order valence-electron chi connectivity index (χ3n) is 4.57. The van der Waals surface area contributed by atoms with Crippen LogP contribution in [0.25, 0.3) is 0 Å². The lowest BCUT2D eigenvalue weighted by molar-refractivity contribution is -0.384. The number of sulfonamides is 1. The third-order valence-corrected chi connectivity index (χ3v) is 5.95. The van der Waals surface area contributed by atoms with E-state index in [0.717, 1.165) is 45.3 Å². The van der Waals surface area contributed by atoms with Crippen molar-refractivity contribution in [3.8, 4) is 0 Å². The Kier molecular flexibility index (Phi) is 7.02. The van der Waals surface area contributed by atoms with Crippen molar-refractivity contribution in [3.63, 3.8) is 0 Å². The first-order valence-corrected chi connectivity index (χ1v) is 10.8. The predicted octanol–water partition coefficient (Wildman–Crippen LogP) is 2.53. The van der Waals surface area contributed by atoms with Gasteiger partial charge in [0, 0.05) is 31.4 Å². The molecule has 0 aromatic heterocycles. The quantitative estimate of drug-likeness (QED) is 0.364. The van der Waals surface area contributed by atoms with Crippen LogP contribution in [0.1, 0.15) is 6.42 Å². The van der Waals surface area contributed by atoms with Gasteiger partial charge in [0.2, 0.25) is 0 Å². The molecule has 1 aliphatic heterocycles. The molecule has 1 aliphatic rings. The van der Waals surface area contributed by atoms with Gasteiger partial charge >= 0.3 is 0 Å². The average Bonchev–Trinajstić information content (AvgIpc) is 2.72. The maximum Gasteiger partial charge on any atom is 0.293 e. The van der Waals surface area contributed by atoms with Gasteiger partial charge in [0.1, 0.15) is 5.69 Å². The number of rotatable bonds is 9. The Morgan fingerprint density at radius 2 is 1.83 bits per heavy atom. The van der Waals surface area contributed by atoms with Crippen LogP contribution in [-0.4, -0.2) is 57.6 Å². The molecule has 1 heterocycles. The minimum absolute atomic E-state index is 0.160. The van der Waals surface area contributed by atoms with Crippen molar-refractivity contribution in [1.29, 1.82) is 0 Å². The second kappa shape index (κ2) is 9.68. The molecule has 0 amide bonds. The predicted molar refractivity (Wildman–Crippen MR) is 111 cm³/mol. The molecule has 9 nitrogen and oxygen atoms in total. The Morgan fingerprint density at radius 3 is 2.52 bits per heavy atom. The van der Waals surface area contributed by atoms with E-state index in [1.807, 2.05) is 0 Å². The summed E-state index contributed by atoms with van der Waals surface area (Å²) in [5, 5.41) is 14.5. The van der Waals surface area contributed by atoms with Crippen LogP contribution < -0.4 is 10.0 Å². The first kappa shape index (κ1) is 21.0. The smallest absolute Gasteiger partial charge is 0.293 e. The lowest BCUT2D eigenvalue weighted by atomic mass is 10.2. The minimum atomic E-state index is -3.93. The zero-order valence-electron chi connectivity index (χ0n) is 15.9. The summed E-state index contributed by atoms with van der Waals surface area (Å²) >= 11 is 0. The van der Waals surface area contributed by atoms with Gasteiger partial charge in [-0.15, -0.1) is 0 Å².